The molecule has 1 aliphatic rings. The van der Waals surface area contributed by atoms with E-state index in [0.717, 1.165) is 11.3 Å². The van der Waals surface area contributed by atoms with E-state index in [1.54, 1.807) is 37.3 Å². The van der Waals surface area contributed by atoms with E-state index >= 15 is 0 Å². The molecule has 0 saturated heterocycles. The van der Waals surface area contributed by atoms with Crippen LogP contribution in [0.3, 0.4) is 0 Å². The number of hydrogen-bond donors (Lipinski definition) is 0. The summed E-state index contributed by atoms with van der Waals surface area (Å²) in [5.74, 6) is -0.196. The van der Waals surface area contributed by atoms with Crippen LogP contribution in [0.1, 0.15) is 29.2 Å². The van der Waals surface area contributed by atoms with Gasteiger partial charge >= 0.3 is 5.97 Å². The molecule has 0 fully saturated rings. The summed E-state index contributed by atoms with van der Waals surface area (Å²) < 4.78 is 17.9. The zero-order valence-electron chi connectivity index (χ0n) is 18.6. The van der Waals surface area contributed by atoms with Crippen LogP contribution in [0, 0.1) is 21.4 Å². The van der Waals surface area contributed by atoms with Crippen LogP contribution < -0.4 is 19.5 Å². The van der Waals surface area contributed by atoms with Crippen LogP contribution in [0.5, 0.6) is 5.75 Å². The number of carbonyl (C=O) groups excluding carboxylic acids is 1. The maximum atomic E-state index is 13.4. The predicted molar refractivity (Wildman–Crippen MR) is 126 cm³/mol. The first-order valence-electron chi connectivity index (χ1n) is 10.5. The largest absolute Gasteiger partial charge is 0.467 e. The van der Waals surface area contributed by atoms with Crippen LogP contribution in [0.25, 0.3) is 12.2 Å². The first-order valence-corrected chi connectivity index (χ1v) is 11.3. The Morgan fingerprint density at radius 3 is 2.80 bits per heavy atom. The number of esters is 1. The third-order valence-corrected chi connectivity index (χ3v) is 6.17. The summed E-state index contributed by atoms with van der Waals surface area (Å²) in [5, 5.41) is 20.4. The predicted octanol–water partition coefficient (Wildman–Crippen LogP) is 1.78. The molecular formula is C24H19N3O7S. The standard InChI is InChI=1S/C24H19N3O7S/c1-2-33-22(28)10-21-26(24(29)20(35-21)7-15-3-5-16(11-25)6-4-15)12-17-8-19(27(30)31)9-18-13-32-14-34-23(17)18/h3-10H,2,12-14H2,1H3/b20-7-,21-10-. The Balaban J connectivity index is 1.87. The Morgan fingerprint density at radius 2 is 2.11 bits per heavy atom. The second-order valence-electron chi connectivity index (χ2n) is 7.43. The molecule has 11 heteroatoms. The summed E-state index contributed by atoms with van der Waals surface area (Å²) in [7, 11) is 0. The summed E-state index contributed by atoms with van der Waals surface area (Å²) in [6.07, 6.45) is 2.87. The summed E-state index contributed by atoms with van der Waals surface area (Å²) in [6, 6.07) is 11.5. The lowest BCUT2D eigenvalue weighted by atomic mass is 10.1. The molecule has 0 bridgehead atoms. The Labute approximate surface area is 202 Å². The second-order valence-corrected chi connectivity index (χ2v) is 8.49. The minimum Gasteiger partial charge on any atom is -0.467 e. The van der Waals surface area contributed by atoms with Crippen LogP contribution in [0.4, 0.5) is 5.69 Å². The number of nitrogens with zero attached hydrogens (tertiary/aromatic N) is 3. The topological polar surface area (TPSA) is 134 Å². The lowest BCUT2D eigenvalue weighted by molar-refractivity contribution is -0.385. The Hall–Kier alpha value is -4.27. The molecule has 3 aromatic rings. The molecule has 0 N–H and O–H groups in total. The highest BCUT2D eigenvalue weighted by molar-refractivity contribution is 7.07. The molecule has 0 saturated carbocycles. The maximum absolute atomic E-state index is 13.4. The number of aromatic nitrogens is 1. The molecule has 0 spiro atoms. The first-order chi connectivity index (χ1) is 16.9. The average Bonchev–Trinajstić information content (AvgIpc) is 3.13. The van der Waals surface area contributed by atoms with Gasteiger partial charge in [0.1, 0.15) is 10.4 Å². The zero-order chi connectivity index (χ0) is 24.9. The molecule has 2 heterocycles. The van der Waals surface area contributed by atoms with Gasteiger partial charge in [-0.3, -0.25) is 19.5 Å². The SMILES string of the molecule is CCOC(=O)/C=c1\s/c(=C\c2ccc(C#N)cc2)c(=O)n1Cc1cc([N+](=O)[O-])cc2c1OCOC2. The van der Waals surface area contributed by atoms with Gasteiger partial charge in [-0.2, -0.15) is 5.26 Å². The number of non-ortho nitro benzene ring substituents is 1. The molecule has 0 atom stereocenters. The summed E-state index contributed by atoms with van der Waals surface area (Å²) in [6.45, 7) is 1.90. The van der Waals surface area contributed by atoms with Gasteiger partial charge in [0.2, 0.25) is 0 Å². The highest BCUT2D eigenvalue weighted by Crippen LogP contribution is 2.32. The van der Waals surface area contributed by atoms with Crippen molar-refractivity contribution >= 4 is 35.1 Å². The van der Waals surface area contributed by atoms with Crippen molar-refractivity contribution in [2.24, 2.45) is 0 Å². The van der Waals surface area contributed by atoms with Crippen molar-refractivity contribution in [2.45, 2.75) is 20.1 Å². The number of fused-ring (bicyclic) bond motifs is 1. The lowest BCUT2D eigenvalue weighted by Crippen LogP contribution is -2.32. The van der Waals surface area contributed by atoms with Crippen LogP contribution in [0.2, 0.25) is 0 Å². The van der Waals surface area contributed by atoms with E-state index in [9.17, 15) is 19.7 Å². The minimum absolute atomic E-state index is 0.0180. The van der Waals surface area contributed by atoms with Gasteiger partial charge in [0.05, 0.1) is 46.9 Å². The van der Waals surface area contributed by atoms with Crippen LogP contribution in [-0.4, -0.2) is 28.9 Å². The fraction of sp³-hybridized carbons (Fsp3) is 0.208. The number of benzene rings is 2. The fourth-order valence-electron chi connectivity index (χ4n) is 3.56. The van der Waals surface area contributed by atoms with Crippen LogP contribution in [-0.2, 0) is 27.4 Å². The number of ether oxygens (including phenoxy) is 3. The third-order valence-electron chi connectivity index (χ3n) is 5.11. The number of rotatable bonds is 6. The lowest BCUT2D eigenvalue weighted by Gasteiger charge is -2.20. The van der Waals surface area contributed by atoms with Crippen LogP contribution >= 0.6 is 11.3 Å². The van der Waals surface area contributed by atoms with Gasteiger partial charge in [0, 0.05) is 23.3 Å². The molecule has 0 unspecified atom stereocenters. The number of nitro benzene ring substituents is 1. The molecule has 10 nitrogen and oxygen atoms in total. The summed E-state index contributed by atoms with van der Waals surface area (Å²) >= 11 is 1.09. The maximum Gasteiger partial charge on any atom is 0.333 e. The van der Waals surface area contributed by atoms with Gasteiger partial charge in [-0.05, 0) is 30.7 Å². The van der Waals surface area contributed by atoms with E-state index in [0.29, 0.717) is 37.2 Å². The Bertz CT molecular complexity index is 1510. The number of hydrogen-bond acceptors (Lipinski definition) is 9. The van der Waals surface area contributed by atoms with Crippen molar-refractivity contribution < 1.29 is 23.9 Å². The van der Waals surface area contributed by atoms with Gasteiger partial charge in [-0.15, -0.1) is 11.3 Å². The first kappa shape index (κ1) is 23.9. The molecule has 1 aliphatic heterocycles. The number of thiazole rings is 1. The zero-order valence-corrected chi connectivity index (χ0v) is 19.4. The normalized spacial score (nSPS) is 13.6. The van der Waals surface area contributed by atoms with Gasteiger partial charge in [0.25, 0.3) is 11.2 Å². The van der Waals surface area contributed by atoms with E-state index in [4.69, 9.17) is 19.5 Å². The minimum atomic E-state index is -0.613. The van der Waals surface area contributed by atoms with Gasteiger partial charge in [-0.1, -0.05) is 12.1 Å². The molecule has 0 aliphatic carbocycles. The molecular weight excluding hydrogens is 474 g/mol. The van der Waals surface area contributed by atoms with E-state index in [1.807, 2.05) is 6.07 Å². The smallest absolute Gasteiger partial charge is 0.333 e. The molecule has 0 radical (unpaired) electrons. The fourth-order valence-corrected chi connectivity index (χ4v) is 4.59. The molecule has 2 aromatic carbocycles. The van der Waals surface area contributed by atoms with E-state index in [-0.39, 0.29) is 37.8 Å². The highest BCUT2D eigenvalue weighted by Gasteiger charge is 2.22. The van der Waals surface area contributed by atoms with Gasteiger partial charge in [0.15, 0.2) is 6.79 Å². The average molecular weight is 493 g/mol. The van der Waals surface area contributed by atoms with Crippen molar-refractivity contribution in [3.8, 4) is 11.8 Å². The van der Waals surface area contributed by atoms with E-state index in [2.05, 4.69) is 0 Å². The molecule has 35 heavy (non-hydrogen) atoms. The van der Waals surface area contributed by atoms with E-state index in [1.165, 1.54) is 22.8 Å². The van der Waals surface area contributed by atoms with Crippen molar-refractivity contribution in [1.29, 1.82) is 5.26 Å². The van der Waals surface area contributed by atoms with Crippen molar-refractivity contribution in [3.63, 3.8) is 0 Å². The Morgan fingerprint density at radius 1 is 1.34 bits per heavy atom. The van der Waals surface area contributed by atoms with Crippen molar-refractivity contribution in [1.82, 2.24) is 4.57 Å². The number of nitro groups is 1. The summed E-state index contributed by atoms with van der Waals surface area (Å²) in [4.78, 5) is 36.5. The van der Waals surface area contributed by atoms with Crippen molar-refractivity contribution in [2.75, 3.05) is 13.4 Å². The summed E-state index contributed by atoms with van der Waals surface area (Å²) in [5.41, 5.74) is 1.57. The van der Waals surface area contributed by atoms with Gasteiger partial charge in [-0.25, -0.2) is 4.79 Å². The molecule has 4 rings (SSSR count). The molecule has 178 valence electrons. The molecule has 1 aromatic heterocycles. The van der Waals surface area contributed by atoms with Gasteiger partial charge < -0.3 is 14.2 Å². The highest BCUT2D eigenvalue weighted by atomic mass is 32.1. The second kappa shape index (κ2) is 10.3. The quantitative estimate of drug-likeness (QED) is 0.288. The number of nitriles is 1. The van der Waals surface area contributed by atoms with Crippen LogP contribution in [0.15, 0.2) is 41.2 Å². The van der Waals surface area contributed by atoms with E-state index < -0.39 is 10.9 Å². The monoisotopic (exact) mass is 493 g/mol. The Kier molecular flexibility index (Phi) is 7.05. The number of carbonyl (C=O) groups is 1. The van der Waals surface area contributed by atoms with Crippen molar-refractivity contribution in [3.05, 3.63) is 88.3 Å². The third kappa shape index (κ3) is 5.29. The molecule has 0 amide bonds.